The van der Waals surface area contributed by atoms with Crippen LogP contribution in [-0.2, 0) is 0 Å². The van der Waals surface area contributed by atoms with Crippen molar-refractivity contribution in [2.75, 3.05) is 5.32 Å². The molecule has 104 valence electrons. The molecular weight excluding hydrogens is 289 g/mol. The summed E-state index contributed by atoms with van der Waals surface area (Å²) in [7, 11) is 0. The summed E-state index contributed by atoms with van der Waals surface area (Å²) in [6.07, 6.45) is 1.66. The number of halogens is 1. The Labute approximate surface area is 124 Å². The van der Waals surface area contributed by atoms with Gasteiger partial charge >= 0.3 is 0 Å². The van der Waals surface area contributed by atoms with E-state index in [0.717, 1.165) is 0 Å². The molecule has 4 nitrogen and oxygen atoms in total. The quantitative estimate of drug-likeness (QED) is 0.804. The molecule has 0 radical (unpaired) electrons. The van der Waals surface area contributed by atoms with Crippen LogP contribution in [0.2, 0.25) is 0 Å². The van der Waals surface area contributed by atoms with E-state index in [-0.39, 0.29) is 11.4 Å². The van der Waals surface area contributed by atoms with Crippen LogP contribution in [0, 0.1) is 5.82 Å². The molecule has 21 heavy (non-hydrogen) atoms. The average Bonchev–Trinajstić information content (AvgIpc) is 3.00. The molecule has 1 amide bonds. The zero-order valence-corrected chi connectivity index (χ0v) is 11.6. The van der Waals surface area contributed by atoms with Gasteiger partial charge in [0.25, 0.3) is 5.91 Å². The molecule has 3 aromatic rings. The molecule has 0 fully saturated rings. The van der Waals surface area contributed by atoms with Gasteiger partial charge in [-0.3, -0.25) is 9.78 Å². The first-order valence-electron chi connectivity index (χ1n) is 6.17. The number of carbonyl (C=O) groups is 1. The number of anilines is 1. The summed E-state index contributed by atoms with van der Waals surface area (Å²) in [4.78, 5) is 20.5. The Balaban J connectivity index is 1.80. The molecule has 0 unspecified atom stereocenters. The molecule has 0 atom stereocenters. The van der Waals surface area contributed by atoms with Gasteiger partial charge in [0.05, 0.1) is 11.4 Å². The average molecular weight is 299 g/mol. The molecule has 2 aromatic heterocycles. The summed E-state index contributed by atoms with van der Waals surface area (Å²) in [5, 5.41) is 4.77. The number of rotatable bonds is 3. The van der Waals surface area contributed by atoms with Gasteiger partial charge < -0.3 is 5.32 Å². The molecule has 6 heteroatoms. The van der Waals surface area contributed by atoms with Crippen molar-refractivity contribution in [2.45, 2.75) is 0 Å². The monoisotopic (exact) mass is 299 g/mol. The molecule has 0 spiro atoms. The van der Waals surface area contributed by atoms with Crippen molar-refractivity contribution in [2.24, 2.45) is 0 Å². The summed E-state index contributed by atoms with van der Waals surface area (Å²) in [6, 6.07) is 11.5. The number of hydrogen-bond donors (Lipinski definition) is 1. The zero-order chi connectivity index (χ0) is 14.7. The van der Waals surface area contributed by atoms with Crippen molar-refractivity contribution in [3.8, 4) is 10.7 Å². The van der Waals surface area contributed by atoms with Crippen molar-refractivity contribution >= 4 is 22.9 Å². The Morgan fingerprint density at radius 2 is 1.95 bits per heavy atom. The maximum absolute atomic E-state index is 13.5. The Bertz CT molecular complexity index is 773. The zero-order valence-electron chi connectivity index (χ0n) is 10.8. The number of benzene rings is 1. The summed E-state index contributed by atoms with van der Waals surface area (Å²) in [6.45, 7) is 0. The summed E-state index contributed by atoms with van der Waals surface area (Å²) >= 11 is 1.32. The van der Waals surface area contributed by atoms with Crippen LogP contribution in [0.3, 0.4) is 0 Å². The van der Waals surface area contributed by atoms with Crippen LogP contribution < -0.4 is 5.32 Å². The second-order valence-corrected chi connectivity index (χ2v) is 5.04. The number of hydrogen-bond acceptors (Lipinski definition) is 4. The fourth-order valence-electron chi connectivity index (χ4n) is 1.73. The number of carbonyl (C=O) groups excluding carboxylic acids is 1. The van der Waals surface area contributed by atoms with Crippen LogP contribution >= 0.6 is 11.3 Å². The van der Waals surface area contributed by atoms with Crippen LogP contribution in [0.5, 0.6) is 0 Å². The Morgan fingerprint density at radius 1 is 1.14 bits per heavy atom. The number of amides is 1. The lowest BCUT2D eigenvalue weighted by atomic mass is 10.3. The van der Waals surface area contributed by atoms with Crippen LogP contribution in [0.4, 0.5) is 10.1 Å². The highest BCUT2D eigenvalue weighted by Gasteiger charge is 2.13. The fraction of sp³-hybridized carbons (Fsp3) is 0. The van der Waals surface area contributed by atoms with Crippen molar-refractivity contribution in [3.05, 3.63) is 65.6 Å². The smallest absolute Gasteiger partial charge is 0.275 e. The molecule has 0 aliphatic heterocycles. The van der Waals surface area contributed by atoms with Gasteiger partial charge in [-0.2, -0.15) is 0 Å². The molecule has 0 saturated heterocycles. The maximum atomic E-state index is 13.5. The minimum Gasteiger partial charge on any atom is -0.318 e. The lowest BCUT2D eigenvalue weighted by molar-refractivity contribution is 0.102. The van der Waals surface area contributed by atoms with Crippen molar-refractivity contribution in [1.82, 2.24) is 9.97 Å². The number of para-hydroxylation sites is 1. The number of nitrogens with zero attached hydrogens (tertiary/aromatic N) is 2. The summed E-state index contributed by atoms with van der Waals surface area (Å²) in [5.74, 6) is -0.926. The highest BCUT2D eigenvalue weighted by Crippen LogP contribution is 2.22. The predicted octanol–water partition coefficient (Wildman–Crippen LogP) is 3.60. The third kappa shape index (κ3) is 2.95. The minimum absolute atomic E-state index is 0.134. The van der Waals surface area contributed by atoms with E-state index < -0.39 is 11.7 Å². The molecule has 2 heterocycles. The molecule has 0 bridgehead atoms. The number of thiazole rings is 1. The Hall–Kier alpha value is -2.60. The molecule has 0 saturated carbocycles. The van der Waals surface area contributed by atoms with Gasteiger partial charge in [-0.1, -0.05) is 18.2 Å². The number of nitrogens with one attached hydrogen (secondary N) is 1. The lowest BCUT2D eigenvalue weighted by Gasteiger charge is -2.03. The highest BCUT2D eigenvalue weighted by atomic mass is 32.1. The first kappa shape index (κ1) is 13.4. The molecule has 0 aliphatic carbocycles. The first-order valence-corrected chi connectivity index (χ1v) is 7.05. The van der Waals surface area contributed by atoms with E-state index in [2.05, 4.69) is 15.3 Å². The van der Waals surface area contributed by atoms with E-state index in [4.69, 9.17) is 0 Å². The predicted molar refractivity (Wildman–Crippen MR) is 79.7 cm³/mol. The molecule has 3 rings (SSSR count). The molecule has 1 N–H and O–H groups in total. The first-order chi connectivity index (χ1) is 10.2. The summed E-state index contributed by atoms with van der Waals surface area (Å²) < 4.78 is 13.5. The van der Waals surface area contributed by atoms with Gasteiger partial charge in [-0.05, 0) is 24.3 Å². The van der Waals surface area contributed by atoms with Crippen LogP contribution in [0.1, 0.15) is 10.5 Å². The van der Waals surface area contributed by atoms with E-state index in [9.17, 15) is 9.18 Å². The number of pyridine rings is 1. The standard InChI is InChI=1S/C15H10FN3OS/c16-10-5-1-2-6-11(10)18-14(20)13-9-21-15(19-13)12-7-3-4-8-17-12/h1-9H,(H,18,20). The largest absolute Gasteiger partial charge is 0.318 e. The van der Waals surface area contributed by atoms with Gasteiger partial charge in [-0.25, -0.2) is 9.37 Å². The van der Waals surface area contributed by atoms with Gasteiger partial charge in [0, 0.05) is 11.6 Å². The van der Waals surface area contributed by atoms with Gasteiger partial charge in [0.1, 0.15) is 16.5 Å². The van der Waals surface area contributed by atoms with Crippen LogP contribution in [-0.4, -0.2) is 15.9 Å². The second-order valence-electron chi connectivity index (χ2n) is 4.19. The topological polar surface area (TPSA) is 54.9 Å². The minimum atomic E-state index is -0.481. The van der Waals surface area contributed by atoms with E-state index in [1.54, 1.807) is 23.7 Å². The van der Waals surface area contributed by atoms with Gasteiger partial charge in [0.2, 0.25) is 0 Å². The molecule has 0 aliphatic rings. The van der Waals surface area contributed by atoms with Gasteiger partial charge in [0.15, 0.2) is 0 Å². The van der Waals surface area contributed by atoms with E-state index in [1.807, 2.05) is 18.2 Å². The SMILES string of the molecule is O=C(Nc1ccccc1F)c1csc(-c2ccccn2)n1. The van der Waals surface area contributed by atoms with Crippen LogP contribution in [0.25, 0.3) is 10.7 Å². The van der Waals surface area contributed by atoms with Gasteiger partial charge in [-0.15, -0.1) is 11.3 Å². The fourth-order valence-corrected chi connectivity index (χ4v) is 2.51. The van der Waals surface area contributed by atoms with E-state index in [1.165, 1.54) is 23.5 Å². The Kier molecular flexibility index (Phi) is 3.70. The van der Waals surface area contributed by atoms with Crippen LogP contribution in [0.15, 0.2) is 54.0 Å². The third-order valence-electron chi connectivity index (χ3n) is 2.74. The second kappa shape index (κ2) is 5.80. The molecule has 1 aromatic carbocycles. The summed E-state index contributed by atoms with van der Waals surface area (Å²) in [5.41, 5.74) is 1.08. The van der Waals surface area contributed by atoms with Crippen molar-refractivity contribution in [1.29, 1.82) is 0 Å². The highest BCUT2D eigenvalue weighted by molar-refractivity contribution is 7.13. The van der Waals surface area contributed by atoms with Crippen molar-refractivity contribution < 1.29 is 9.18 Å². The third-order valence-corrected chi connectivity index (χ3v) is 3.61. The van der Waals surface area contributed by atoms with E-state index >= 15 is 0 Å². The number of aromatic nitrogens is 2. The molecular formula is C15H10FN3OS. The lowest BCUT2D eigenvalue weighted by Crippen LogP contribution is -2.13. The van der Waals surface area contributed by atoms with Crippen molar-refractivity contribution in [3.63, 3.8) is 0 Å². The normalized spacial score (nSPS) is 10.3. The van der Waals surface area contributed by atoms with E-state index in [0.29, 0.717) is 10.7 Å². The Morgan fingerprint density at radius 3 is 2.71 bits per heavy atom. The maximum Gasteiger partial charge on any atom is 0.275 e.